The van der Waals surface area contributed by atoms with Crippen LogP contribution in [0.25, 0.3) is 0 Å². The van der Waals surface area contributed by atoms with Gasteiger partial charge in [-0.05, 0) is 32.3 Å². The Hall–Kier alpha value is -1.11. The largest absolute Gasteiger partial charge is 0.356 e. The molecular formula is C16H24N2O3S. The first-order valence-corrected chi connectivity index (χ1v) is 9.54. The van der Waals surface area contributed by atoms with Crippen LogP contribution in [0.4, 0.5) is 5.69 Å². The summed E-state index contributed by atoms with van der Waals surface area (Å²) < 4.78 is 31.3. The van der Waals surface area contributed by atoms with Gasteiger partial charge in [-0.15, -0.1) is 0 Å². The summed E-state index contributed by atoms with van der Waals surface area (Å²) >= 11 is 0. The number of benzene rings is 1. The summed E-state index contributed by atoms with van der Waals surface area (Å²) in [6.45, 7) is 6.32. The van der Waals surface area contributed by atoms with E-state index in [0.717, 1.165) is 12.8 Å². The van der Waals surface area contributed by atoms with Crippen molar-refractivity contribution in [3.05, 3.63) is 29.3 Å². The minimum atomic E-state index is -3.06. The molecule has 0 unspecified atom stereocenters. The van der Waals surface area contributed by atoms with Crippen LogP contribution < -0.4 is 4.90 Å². The summed E-state index contributed by atoms with van der Waals surface area (Å²) in [7, 11) is -3.06. The molecule has 0 spiro atoms. The third-order valence-corrected chi connectivity index (χ3v) is 6.60. The third-order valence-electron chi connectivity index (χ3n) is 4.72. The van der Waals surface area contributed by atoms with E-state index in [1.807, 2.05) is 0 Å². The normalized spacial score (nSPS) is 20.9. The molecule has 5 nitrogen and oxygen atoms in total. The average molecular weight is 324 g/mol. The number of rotatable bonds is 3. The second kappa shape index (κ2) is 6.18. The molecule has 0 aromatic heterocycles. The van der Waals surface area contributed by atoms with E-state index in [0.29, 0.717) is 32.5 Å². The first-order valence-electron chi connectivity index (χ1n) is 7.93. The van der Waals surface area contributed by atoms with Gasteiger partial charge in [0.25, 0.3) is 0 Å². The van der Waals surface area contributed by atoms with Crippen LogP contribution in [0.1, 0.15) is 30.9 Å². The standard InChI is InChI=1S/C16H24N2O3S/c1-3-22(19,20)17-9-7-15(8-10-17)18-12-21-11-14-6-4-5-13(2)16(14)18/h4-6,15H,3,7-12H2,1-2H3. The molecule has 0 atom stereocenters. The van der Waals surface area contributed by atoms with E-state index in [-0.39, 0.29) is 5.75 Å². The molecule has 1 saturated heterocycles. The fraction of sp³-hybridized carbons (Fsp3) is 0.625. The van der Waals surface area contributed by atoms with Crippen LogP contribution in [0, 0.1) is 6.92 Å². The van der Waals surface area contributed by atoms with Crippen molar-refractivity contribution < 1.29 is 13.2 Å². The summed E-state index contributed by atoms with van der Waals surface area (Å²) in [6, 6.07) is 6.67. The molecule has 0 bridgehead atoms. The molecule has 22 heavy (non-hydrogen) atoms. The number of anilines is 1. The summed E-state index contributed by atoms with van der Waals surface area (Å²) in [5.74, 6) is 0.187. The number of ether oxygens (including phenoxy) is 1. The lowest BCUT2D eigenvalue weighted by Crippen LogP contribution is -2.49. The quantitative estimate of drug-likeness (QED) is 0.854. The second-order valence-corrected chi connectivity index (χ2v) is 8.32. The molecule has 0 amide bonds. The van der Waals surface area contributed by atoms with Crippen LogP contribution in [-0.4, -0.2) is 44.3 Å². The van der Waals surface area contributed by atoms with Gasteiger partial charge in [-0.1, -0.05) is 18.2 Å². The van der Waals surface area contributed by atoms with Crippen molar-refractivity contribution in [2.45, 2.75) is 39.3 Å². The fourth-order valence-corrected chi connectivity index (χ4v) is 4.60. The van der Waals surface area contributed by atoms with Crippen molar-refractivity contribution in [2.75, 3.05) is 30.5 Å². The number of sulfonamides is 1. The molecule has 0 saturated carbocycles. The number of piperidine rings is 1. The zero-order valence-electron chi connectivity index (χ0n) is 13.3. The Morgan fingerprint density at radius 2 is 2.00 bits per heavy atom. The fourth-order valence-electron chi connectivity index (χ4n) is 3.47. The lowest BCUT2D eigenvalue weighted by atomic mass is 10.00. The molecule has 1 fully saturated rings. The van der Waals surface area contributed by atoms with Gasteiger partial charge in [0.15, 0.2) is 0 Å². The highest BCUT2D eigenvalue weighted by atomic mass is 32.2. The predicted molar refractivity (Wildman–Crippen MR) is 87.4 cm³/mol. The van der Waals surface area contributed by atoms with Crippen LogP contribution in [0.3, 0.4) is 0 Å². The van der Waals surface area contributed by atoms with E-state index in [2.05, 4.69) is 30.0 Å². The van der Waals surface area contributed by atoms with Crippen LogP contribution in [-0.2, 0) is 21.4 Å². The highest BCUT2D eigenvalue weighted by Crippen LogP contribution is 2.33. The zero-order chi connectivity index (χ0) is 15.7. The maximum atomic E-state index is 12.0. The van der Waals surface area contributed by atoms with Crippen LogP contribution in [0.2, 0.25) is 0 Å². The number of aryl methyl sites for hydroxylation is 1. The van der Waals surface area contributed by atoms with Crippen molar-refractivity contribution in [1.82, 2.24) is 4.31 Å². The first-order chi connectivity index (χ1) is 10.5. The summed E-state index contributed by atoms with van der Waals surface area (Å²) in [5.41, 5.74) is 3.78. The van der Waals surface area contributed by atoms with Crippen molar-refractivity contribution >= 4 is 15.7 Å². The second-order valence-electron chi connectivity index (χ2n) is 6.06. The lowest BCUT2D eigenvalue weighted by Gasteiger charge is -2.42. The van der Waals surface area contributed by atoms with Crippen molar-refractivity contribution in [2.24, 2.45) is 0 Å². The Balaban J connectivity index is 1.76. The Labute approximate surface area is 132 Å². The van der Waals surface area contributed by atoms with E-state index in [1.54, 1.807) is 11.2 Å². The van der Waals surface area contributed by atoms with Gasteiger partial charge < -0.3 is 9.64 Å². The van der Waals surface area contributed by atoms with E-state index in [4.69, 9.17) is 4.74 Å². The molecule has 0 aliphatic carbocycles. The van der Waals surface area contributed by atoms with Gasteiger partial charge in [-0.3, -0.25) is 0 Å². The predicted octanol–water partition coefficient (Wildman–Crippen LogP) is 2.10. The number of nitrogens with zero attached hydrogens (tertiary/aromatic N) is 2. The molecular weight excluding hydrogens is 300 g/mol. The van der Waals surface area contributed by atoms with Crippen LogP contribution in [0.15, 0.2) is 18.2 Å². The van der Waals surface area contributed by atoms with E-state index >= 15 is 0 Å². The number of hydrogen-bond acceptors (Lipinski definition) is 4. The zero-order valence-corrected chi connectivity index (χ0v) is 14.1. The SMILES string of the molecule is CCS(=O)(=O)N1CCC(N2COCc3cccc(C)c32)CC1. The van der Waals surface area contributed by atoms with Crippen molar-refractivity contribution in [1.29, 1.82) is 0 Å². The molecule has 1 aromatic carbocycles. The van der Waals surface area contributed by atoms with E-state index in [9.17, 15) is 8.42 Å². The van der Waals surface area contributed by atoms with Crippen LogP contribution in [0.5, 0.6) is 0 Å². The summed E-state index contributed by atoms with van der Waals surface area (Å²) in [4.78, 5) is 2.32. The van der Waals surface area contributed by atoms with Crippen LogP contribution >= 0.6 is 0 Å². The number of para-hydroxylation sites is 1. The number of hydrogen-bond donors (Lipinski definition) is 0. The maximum absolute atomic E-state index is 12.0. The molecule has 0 radical (unpaired) electrons. The number of fused-ring (bicyclic) bond motifs is 1. The molecule has 1 aromatic rings. The highest BCUT2D eigenvalue weighted by molar-refractivity contribution is 7.89. The van der Waals surface area contributed by atoms with E-state index in [1.165, 1.54) is 16.8 Å². The smallest absolute Gasteiger partial charge is 0.213 e. The maximum Gasteiger partial charge on any atom is 0.213 e. The molecule has 6 heteroatoms. The van der Waals surface area contributed by atoms with Gasteiger partial charge in [0.2, 0.25) is 10.0 Å². The van der Waals surface area contributed by atoms with Gasteiger partial charge >= 0.3 is 0 Å². The van der Waals surface area contributed by atoms with Gasteiger partial charge in [0.05, 0.1) is 12.4 Å². The average Bonchev–Trinajstić information content (AvgIpc) is 2.55. The van der Waals surface area contributed by atoms with Gasteiger partial charge in [0.1, 0.15) is 6.73 Å². The Bertz CT molecular complexity index is 637. The minimum absolute atomic E-state index is 0.187. The molecule has 3 rings (SSSR count). The van der Waals surface area contributed by atoms with Crippen molar-refractivity contribution in [3.8, 4) is 0 Å². The summed E-state index contributed by atoms with van der Waals surface area (Å²) in [6.07, 6.45) is 1.72. The lowest BCUT2D eigenvalue weighted by molar-refractivity contribution is 0.0986. The first kappa shape index (κ1) is 15.8. The van der Waals surface area contributed by atoms with Gasteiger partial charge in [0, 0.05) is 30.4 Å². The third kappa shape index (κ3) is 2.87. The molecule has 2 aliphatic rings. The van der Waals surface area contributed by atoms with Crippen molar-refractivity contribution in [3.63, 3.8) is 0 Å². The molecule has 122 valence electrons. The molecule has 2 aliphatic heterocycles. The Morgan fingerprint density at radius 1 is 1.27 bits per heavy atom. The molecule has 2 heterocycles. The highest BCUT2D eigenvalue weighted by Gasteiger charge is 2.32. The minimum Gasteiger partial charge on any atom is -0.356 e. The Morgan fingerprint density at radius 3 is 2.68 bits per heavy atom. The summed E-state index contributed by atoms with van der Waals surface area (Å²) in [5, 5.41) is 0. The van der Waals surface area contributed by atoms with Gasteiger partial charge in [-0.25, -0.2) is 12.7 Å². The molecule has 0 N–H and O–H groups in total. The van der Waals surface area contributed by atoms with E-state index < -0.39 is 10.0 Å². The van der Waals surface area contributed by atoms with Gasteiger partial charge in [-0.2, -0.15) is 0 Å². The topological polar surface area (TPSA) is 49.9 Å². The Kier molecular flexibility index (Phi) is 4.43. The monoisotopic (exact) mass is 324 g/mol.